The Hall–Kier alpha value is -3.68. The summed E-state index contributed by atoms with van der Waals surface area (Å²) in [7, 11) is -2.82. The first-order valence-electron chi connectivity index (χ1n) is 12.7. The first-order valence-corrected chi connectivity index (χ1v) is 14.5. The number of ether oxygens (including phenoxy) is 1. The van der Waals surface area contributed by atoms with Gasteiger partial charge in [-0.2, -0.15) is 18.2 Å². The molecular formula is C27H26ClF3N6O3S. The molecule has 1 aliphatic rings. The highest BCUT2D eigenvalue weighted by Gasteiger charge is 2.35. The molecule has 1 saturated carbocycles. The topological polar surface area (TPSA) is 132 Å². The van der Waals surface area contributed by atoms with Gasteiger partial charge in [-0.1, -0.05) is 23.7 Å². The maximum Gasteiger partial charge on any atom is 0.418 e. The second kappa shape index (κ2) is 11.3. The fourth-order valence-electron chi connectivity index (χ4n) is 4.76. The maximum atomic E-state index is 14.2. The fraction of sp³-hybridized carbons (Fsp3) is 0.296. The van der Waals surface area contributed by atoms with E-state index in [2.05, 4.69) is 25.0 Å². The highest BCUT2D eigenvalue weighted by molar-refractivity contribution is 7.92. The van der Waals surface area contributed by atoms with E-state index in [0.29, 0.717) is 0 Å². The van der Waals surface area contributed by atoms with Gasteiger partial charge in [-0.3, -0.25) is 4.72 Å². The smallest absolute Gasteiger partial charge is 0.418 e. The van der Waals surface area contributed by atoms with Crippen LogP contribution in [0.3, 0.4) is 0 Å². The molecule has 1 aliphatic carbocycles. The summed E-state index contributed by atoms with van der Waals surface area (Å²) in [5.41, 5.74) is 5.10. The van der Waals surface area contributed by atoms with E-state index in [1.54, 1.807) is 6.07 Å². The van der Waals surface area contributed by atoms with Crippen LogP contribution in [0, 0.1) is 0 Å². The number of benzene rings is 2. The van der Waals surface area contributed by atoms with Crippen molar-refractivity contribution in [2.75, 3.05) is 17.1 Å². The van der Waals surface area contributed by atoms with E-state index >= 15 is 0 Å². The van der Waals surface area contributed by atoms with E-state index in [9.17, 15) is 21.6 Å². The second-order valence-corrected chi connectivity index (χ2v) is 11.8. The first kappa shape index (κ1) is 28.8. The van der Waals surface area contributed by atoms with Crippen LogP contribution >= 0.6 is 11.6 Å². The van der Waals surface area contributed by atoms with Gasteiger partial charge in [-0.15, -0.1) is 0 Å². The van der Waals surface area contributed by atoms with Crippen molar-refractivity contribution < 1.29 is 26.3 Å². The Morgan fingerprint density at radius 1 is 1.05 bits per heavy atom. The summed E-state index contributed by atoms with van der Waals surface area (Å²) in [6.45, 7) is 0. The molecular weight excluding hydrogens is 581 g/mol. The molecule has 0 bridgehead atoms. The van der Waals surface area contributed by atoms with Crippen LogP contribution in [0.4, 0.5) is 24.9 Å². The number of nitrogens with one attached hydrogen (secondary N) is 2. The third-order valence-electron chi connectivity index (χ3n) is 6.82. The highest BCUT2D eigenvalue weighted by Crippen LogP contribution is 2.40. The van der Waals surface area contributed by atoms with E-state index in [4.69, 9.17) is 22.1 Å². The lowest BCUT2D eigenvalue weighted by Gasteiger charge is -2.26. The van der Waals surface area contributed by atoms with Crippen molar-refractivity contribution >= 4 is 44.3 Å². The van der Waals surface area contributed by atoms with Crippen LogP contribution in [-0.2, 0) is 16.2 Å². The Labute approximate surface area is 239 Å². The molecule has 9 nitrogen and oxygen atoms in total. The molecule has 5 rings (SSSR count). The number of nitrogens with zero attached hydrogens (tertiary/aromatic N) is 3. The number of aromatic nitrogens is 3. The van der Waals surface area contributed by atoms with Crippen LogP contribution in [-0.4, -0.2) is 42.6 Å². The average molecular weight is 607 g/mol. The third-order valence-corrected chi connectivity index (χ3v) is 8.68. The fourth-order valence-corrected chi connectivity index (χ4v) is 6.28. The zero-order chi connectivity index (χ0) is 29.4. The van der Waals surface area contributed by atoms with Gasteiger partial charge in [0, 0.05) is 29.2 Å². The zero-order valence-corrected chi connectivity index (χ0v) is 23.3. The lowest BCUT2D eigenvalue weighted by atomic mass is 9.92. The van der Waals surface area contributed by atoms with Crippen LogP contribution in [0.15, 0.2) is 59.6 Å². The van der Waals surface area contributed by atoms with Gasteiger partial charge in [0.1, 0.15) is 10.7 Å². The molecule has 2 heterocycles. The molecule has 0 spiro atoms. The van der Waals surface area contributed by atoms with E-state index < -0.39 is 21.8 Å². The Bertz CT molecular complexity index is 1700. The minimum absolute atomic E-state index is 0.0166. The lowest BCUT2D eigenvalue weighted by Crippen LogP contribution is -2.33. The number of methoxy groups -OCH3 is 1. The van der Waals surface area contributed by atoms with Gasteiger partial charge in [0.25, 0.3) is 10.0 Å². The predicted molar refractivity (Wildman–Crippen MR) is 150 cm³/mol. The molecule has 2 aromatic heterocycles. The Morgan fingerprint density at radius 3 is 2.46 bits per heavy atom. The van der Waals surface area contributed by atoms with Crippen LogP contribution < -0.4 is 20.5 Å². The molecule has 216 valence electrons. The Morgan fingerprint density at radius 2 is 1.78 bits per heavy atom. The summed E-state index contributed by atoms with van der Waals surface area (Å²) in [4.78, 5) is 12.5. The van der Waals surface area contributed by atoms with E-state index in [1.165, 1.54) is 49.7 Å². The van der Waals surface area contributed by atoms with Crippen molar-refractivity contribution in [3.63, 3.8) is 0 Å². The number of alkyl halides is 3. The van der Waals surface area contributed by atoms with Gasteiger partial charge >= 0.3 is 6.18 Å². The number of fused-ring (bicyclic) bond motifs is 1. The number of rotatable bonds is 7. The average Bonchev–Trinajstić information content (AvgIpc) is 2.93. The first-order chi connectivity index (χ1) is 19.4. The molecule has 2 aromatic carbocycles. The number of halogens is 4. The normalized spacial score (nSPS) is 17.8. The molecule has 0 aliphatic heterocycles. The van der Waals surface area contributed by atoms with Crippen LogP contribution in [0.5, 0.6) is 5.88 Å². The van der Waals surface area contributed by atoms with Crippen LogP contribution in [0.25, 0.3) is 22.0 Å². The molecule has 4 N–H and O–H groups in total. The summed E-state index contributed by atoms with van der Waals surface area (Å²) < 4.78 is 76.0. The van der Waals surface area contributed by atoms with Crippen LogP contribution in [0.2, 0.25) is 5.02 Å². The summed E-state index contributed by atoms with van der Waals surface area (Å²) in [6, 6.07) is 11.2. The largest absolute Gasteiger partial charge is 0.480 e. The predicted octanol–water partition coefficient (Wildman–Crippen LogP) is 5.86. The van der Waals surface area contributed by atoms with E-state index in [0.717, 1.165) is 31.7 Å². The minimum atomic E-state index is -4.72. The summed E-state index contributed by atoms with van der Waals surface area (Å²) in [5, 5.41) is 3.32. The molecule has 14 heteroatoms. The molecule has 0 unspecified atom stereocenters. The van der Waals surface area contributed by atoms with Crippen LogP contribution in [0.1, 0.15) is 31.2 Å². The van der Waals surface area contributed by atoms with Gasteiger partial charge in [0.15, 0.2) is 0 Å². The van der Waals surface area contributed by atoms with Gasteiger partial charge in [-0.25, -0.2) is 18.4 Å². The standard InChI is InChI=1S/C27H26ClF3N6O3S/c1-40-25-19(10-11-23(35-25)37-41(38,39)22-5-3-2-4-21(22)28)15-12-16-14-33-26(34-18-8-6-17(32)7-9-18)36-24(16)20(13-15)27(29,30)31/h2-5,10-14,17-18H,6-9,32H2,1H3,(H,35,37)(H,33,34,36). The molecule has 1 fully saturated rings. The van der Waals surface area contributed by atoms with Gasteiger partial charge in [-0.05, 0) is 67.6 Å². The van der Waals surface area contributed by atoms with Crippen molar-refractivity contribution in [3.8, 4) is 17.0 Å². The maximum absolute atomic E-state index is 14.2. The molecule has 4 aromatic rings. The summed E-state index contributed by atoms with van der Waals surface area (Å²) in [5.74, 6) is -0.0813. The minimum Gasteiger partial charge on any atom is -0.480 e. The summed E-state index contributed by atoms with van der Waals surface area (Å²) >= 11 is 6.03. The highest BCUT2D eigenvalue weighted by atomic mass is 35.5. The lowest BCUT2D eigenvalue weighted by molar-refractivity contribution is -0.136. The molecule has 0 atom stereocenters. The number of nitrogens with two attached hydrogens (primary N) is 1. The molecule has 0 amide bonds. The number of hydrogen-bond donors (Lipinski definition) is 3. The van der Waals surface area contributed by atoms with Gasteiger partial charge in [0.2, 0.25) is 11.8 Å². The van der Waals surface area contributed by atoms with Crippen molar-refractivity contribution in [2.45, 2.75) is 48.8 Å². The number of anilines is 2. The third kappa shape index (κ3) is 6.31. The zero-order valence-electron chi connectivity index (χ0n) is 21.7. The Balaban J connectivity index is 1.50. The van der Waals surface area contributed by atoms with E-state index in [-0.39, 0.29) is 61.7 Å². The second-order valence-electron chi connectivity index (χ2n) is 9.70. The van der Waals surface area contributed by atoms with Gasteiger partial charge < -0.3 is 15.8 Å². The quantitative estimate of drug-likeness (QED) is 0.238. The van der Waals surface area contributed by atoms with Crippen molar-refractivity contribution in [1.82, 2.24) is 15.0 Å². The van der Waals surface area contributed by atoms with Crippen molar-refractivity contribution in [3.05, 3.63) is 65.3 Å². The molecule has 0 radical (unpaired) electrons. The number of sulfonamides is 1. The monoisotopic (exact) mass is 606 g/mol. The number of pyridine rings is 1. The van der Waals surface area contributed by atoms with Crippen molar-refractivity contribution in [1.29, 1.82) is 0 Å². The molecule has 41 heavy (non-hydrogen) atoms. The Kier molecular flexibility index (Phi) is 7.95. The number of hydrogen-bond acceptors (Lipinski definition) is 8. The summed E-state index contributed by atoms with van der Waals surface area (Å²) in [6.07, 6.45) is -0.181. The molecule has 0 saturated heterocycles. The van der Waals surface area contributed by atoms with E-state index in [1.807, 2.05) is 0 Å². The van der Waals surface area contributed by atoms with Crippen molar-refractivity contribution in [2.24, 2.45) is 5.73 Å². The SMILES string of the molecule is COc1nc(NS(=O)(=O)c2ccccc2Cl)ccc1-c1cc(C(F)(F)F)c2nc(NC3CCC(N)CC3)ncc2c1. The van der Waals surface area contributed by atoms with Gasteiger partial charge in [0.05, 0.1) is 23.2 Å².